The minimum absolute atomic E-state index is 0.0184. The number of rotatable bonds is 4. The number of carbonyl (C=O) groups is 2. The Kier molecular flexibility index (Phi) is 6.34. The maximum atomic E-state index is 12.4. The number of amides is 2. The first-order valence-electron chi connectivity index (χ1n) is 8.93. The van der Waals surface area contributed by atoms with E-state index in [1.807, 2.05) is 11.8 Å². The first-order valence-corrected chi connectivity index (χ1v) is 8.93. The largest absolute Gasteiger partial charge is 0.352 e. The molecule has 1 aliphatic heterocycles. The van der Waals surface area contributed by atoms with Gasteiger partial charge in [0, 0.05) is 38.1 Å². The molecule has 1 aromatic heterocycles. The number of carbonyl (C=O) groups excluding carboxylic acids is 2. The van der Waals surface area contributed by atoms with Gasteiger partial charge in [-0.05, 0) is 43.2 Å². The molecule has 0 spiro atoms. The van der Waals surface area contributed by atoms with Crippen LogP contribution in [0.4, 0.5) is 0 Å². The van der Waals surface area contributed by atoms with E-state index < -0.39 is 0 Å². The second-order valence-corrected chi connectivity index (χ2v) is 7.80. The quantitative estimate of drug-likeness (QED) is 0.855. The molecule has 1 aliphatic rings. The number of piperidine rings is 1. The normalized spacial score (nSPS) is 16.6. The number of pyridine rings is 1. The van der Waals surface area contributed by atoms with Crippen molar-refractivity contribution in [3.63, 3.8) is 0 Å². The third-order valence-corrected chi connectivity index (χ3v) is 4.92. The summed E-state index contributed by atoms with van der Waals surface area (Å²) in [5.74, 6) is 0.429. The van der Waals surface area contributed by atoms with Crippen molar-refractivity contribution < 1.29 is 9.59 Å². The van der Waals surface area contributed by atoms with Crippen LogP contribution >= 0.6 is 0 Å². The van der Waals surface area contributed by atoms with E-state index in [0.717, 1.165) is 31.5 Å². The summed E-state index contributed by atoms with van der Waals surface area (Å²) in [4.78, 5) is 30.3. The van der Waals surface area contributed by atoms with Crippen LogP contribution in [0.15, 0.2) is 36.2 Å². The molecule has 1 N–H and O–H groups in total. The standard InChI is InChI=1S/C20H29N3O2/c1-15(20(2,3)4)12-18(24)23-10-7-16(8-11-23)13-22-19(25)17-6-5-9-21-14-17/h5-6,9,12,14,16H,7-8,10-11,13H2,1-4H3,(H,22,25)/b15-12+. The molecule has 25 heavy (non-hydrogen) atoms. The maximum Gasteiger partial charge on any atom is 0.252 e. The van der Waals surface area contributed by atoms with Gasteiger partial charge in [0.15, 0.2) is 0 Å². The lowest BCUT2D eigenvalue weighted by atomic mass is 9.87. The molecule has 2 amide bonds. The molecule has 0 aliphatic carbocycles. The van der Waals surface area contributed by atoms with Crippen molar-refractivity contribution in [2.45, 2.75) is 40.5 Å². The van der Waals surface area contributed by atoms with Crippen LogP contribution in [-0.4, -0.2) is 41.3 Å². The molecule has 0 aromatic carbocycles. The second-order valence-electron chi connectivity index (χ2n) is 7.80. The van der Waals surface area contributed by atoms with Crippen molar-refractivity contribution in [3.8, 4) is 0 Å². The Hall–Kier alpha value is -2.17. The van der Waals surface area contributed by atoms with E-state index in [1.54, 1.807) is 30.6 Å². The summed E-state index contributed by atoms with van der Waals surface area (Å²) in [5.41, 5.74) is 1.70. The first-order chi connectivity index (χ1) is 11.8. The van der Waals surface area contributed by atoms with Crippen molar-refractivity contribution >= 4 is 11.8 Å². The summed E-state index contributed by atoms with van der Waals surface area (Å²) in [7, 11) is 0. The molecular weight excluding hydrogens is 314 g/mol. The highest BCUT2D eigenvalue weighted by molar-refractivity contribution is 5.93. The third kappa shape index (κ3) is 5.69. The average molecular weight is 343 g/mol. The average Bonchev–Trinajstić information content (AvgIpc) is 2.60. The predicted octanol–water partition coefficient (Wildman–Crippen LogP) is 3.04. The second kappa shape index (κ2) is 8.28. The molecule has 0 saturated carbocycles. The summed E-state index contributed by atoms with van der Waals surface area (Å²) in [6, 6.07) is 3.51. The Balaban J connectivity index is 1.78. The maximum absolute atomic E-state index is 12.4. The van der Waals surface area contributed by atoms with Gasteiger partial charge in [-0.3, -0.25) is 14.6 Å². The van der Waals surface area contributed by atoms with E-state index in [0.29, 0.717) is 18.0 Å². The van der Waals surface area contributed by atoms with Crippen LogP contribution in [-0.2, 0) is 4.79 Å². The topological polar surface area (TPSA) is 62.3 Å². The van der Waals surface area contributed by atoms with Crippen molar-refractivity contribution in [2.75, 3.05) is 19.6 Å². The van der Waals surface area contributed by atoms with Crippen molar-refractivity contribution in [3.05, 3.63) is 41.7 Å². The van der Waals surface area contributed by atoms with Gasteiger partial charge in [0.25, 0.3) is 5.91 Å². The van der Waals surface area contributed by atoms with E-state index in [9.17, 15) is 9.59 Å². The highest BCUT2D eigenvalue weighted by Gasteiger charge is 2.23. The Bertz CT molecular complexity index is 624. The van der Waals surface area contributed by atoms with E-state index >= 15 is 0 Å². The zero-order valence-corrected chi connectivity index (χ0v) is 15.7. The Morgan fingerprint density at radius 2 is 2.00 bits per heavy atom. The summed E-state index contributed by atoms with van der Waals surface area (Å²) in [6.45, 7) is 10.5. The lowest BCUT2D eigenvalue weighted by Gasteiger charge is -2.32. The Morgan fingerprint density at radius 3 is 2.56 bits per heavy atom. The van der Waals surface area contributed by atoms with Gasteiger partial charge in [-0.1, -0.05) is 26.3 Å². The van der Waals surface area contributed by atoms with Crippen LogP contribution < -0.4 is 5.32 Å². The molecule has 0 radical (unpaired) electrons. The van der Waals surface area contributed by atoms with Gasteiger partial charge < -0.3 is 10.2 Å². The predicted molar refractivity (Wildman–Crippen MR) is 99.1 cm³/mol. The number of nitrogens with one attached hydrogen (secondary N) is 1. The van der Waals surface area contributed by atoms with Crippen molar-refractivity contribution in [1.29, 1.82) is 0 Å². The number of likely N-dealkylation sites (tertiary alicyclic amines) is 1. The lowest BCUT2D eigenvalue weighted by Crippen LogP contribution is -2.41. The van der Waals surface area contributed by atoms with E-state index in [2.05, 4.69) is 31.1 Å². The fourth-order valence-electron chi connectivity index (χ4n) is 2.69. The smallest absolute Gasteiger partial charge is 0.252 e. The molecule has 2 heterocycles. The monoisotopic (exact) mass is 343 g/mol. The van der Waals surface area contributed by atoms with Crippen LogP contribution in [0.3, 0.4) is 0 Å². The number of allylic oxidation sites excluding steroid dienone is 1. The summed E-state index contributed by atoms with van der Waals surface area (Å²) < 4.78 is 0. The fraction of sp³-hybridized carbons (Fsp3) is 0.550. The highest BCUT2D eigenvalue weighted by Crippen LogP contribution is 2.25. The molecule has 1 saturated heterocycles. The van der Waals surface area contributed by atoms with Crippen molar-refractivity contribution in [2.24, 2.45) is 11.3 Å². The van der Waals surface area contributed by atoms with Crippen LogP contribution in [0.1, 0.15) is 50.9 Å². The summed E-state index contributed by atoms with van der Waals surface area (Å²) in [6.07, 6.45) is 6.83. The van der Waals surface area contributed by atoms with Gasteiger partial charge in [0.2, 0.25) is 5.91 Å². The Morgan fingerprint density at radius 1 is 1.32 bits per heavy atom. The highest BCUT2D eigenvalue weighted by atomic mass is 16.2. The van der Waals surface area contributed by atoms with Gasteiger partial charge in [-0.25, -0.2) is 0 Å². The van der Waals surface area contributed by atoms with Crippen LogP contribution in [0.25, 0.3) is 0 Å². The summed E-state index contributed by atoms with van der Waals surface area (Å²) >= 11 is 0. The fourth-order valence-corrected chi connectivity index (χ4v) is 2.69. The number of aromatic nitrogens is 1. The summed E-state index contributed by atoms with van der Waals surface area (Å²) in [5, 5.41) is 2.97. The first kappa shape index (κ1) is 19.2. The van der Waals surface area contributed by atoms with E-state index in [1.165, 1.54) is 0 Å². The molecule has 0 bridgehead atoms. The molecule has 5 heteroatoms. The lowest BCUT2D eigenvalue weighted by molar-refractivity contribution is -0.127. The molecule has 136 valence electrons. The number of hydrogen-bond acceptors (Lipinski definition) is 3. The number of hydrogen-bond donors (Lipinski definition) is 1. The van der Waals surface area contributed by atoms with E-state index in [4.69, 9.17) is 0 Å². The molecule has 5 nitrogen and oxygen atoms in total. The van der Waals surface area contributed by atoms with Crippen LogP contribution in [0.2, 0.25) is 0 Å². The van der Waals surface area contributed by atoms with Gasteiger partial charge in [-0.15, -0.1) is 0 Å². The zero-order valence-electron chi connectivity index (χ0n) is 15.7. The van der Waals surface area contributed by atoms with Gasteiger partial charge in [0.1, 0.15) is 0 Å². The zero-order chi connectivity index (χ0) is 18.4. The molecular formula is C20H29N3O2. The number of nitrogens with zero attached hydrogens (tertiary/aromatic N) is 2. The molecule has 1 fully saturated rings. The molecule has 2 rings (SSSR count). The Labute approximate surface area is 150 Å². The molecule has 1 aromatic rings. The van der Waals surface area contributed by atoms with Gasteiger partial charge in [-0.2, -0.15) is 0 Å². The van der Waals surface area contributed by atoms with Crippen LogP contribution in [0.5, 0.6) is 0 Å². The molecule has 0 unspecified atom stereocenters. The third-order valence-electron chi connectivity index (χ3n) is 4.92. The molecule has 0 atom stereocenters. The van der Waals surface area contributed by atoms with E-state index in [-0.39, 0.29) is 17.2 Å². The van der Waals surface area contributed by atoms with Crippen LogP contribution in [0, 0.1) is 11.3 Å². The van der Waals surface area contributed by atoms with Gasteiger partial charge in [0.05, 0.1) is 5.56 Å². The minimum Gasteiger partial charge on any atom is -0.352 e. The van der Waals surface area contributed by atoms with Gasteiger partial charge >= 0.3 is 0 Å². The minimum atomic E-state index is -0.0876. The SMILES string of the molecule is C/C(=C\C(=O)N1CCC(CNC(=O)c2cccnc2)CC1)C(C)(C)C. The van der Waals surface area contributed by atoms with Crippen molar-refractivity contribution in [1.82, 2.24) is 15.2 Å².